The van der Waals surface area contributed by atoms with E-state index < -0.39 is 0 Å². The van der Waals surface area contributed by atoms with Crippen molar-refractivity contribution in [2.75, 3.05) is 26.7 Å². The number of carbonyl (C=O) groups is 1. The van der Waals surface area contributed by atoms with E-state index >= 15 is 0 Å². The number of nitrogens with zero attached hydrogens (tertiary/aromatic N) is 4. The van der Waals surface area contributed by atoms with E-state index in [1.807, 2.05) is 28.9 Å². The Morgan fingerprint density at radius 3 is 2.96 bits per heavy atom. The van der Waals surface area contributed by atoms with Crippen molar-refractivity contribution in [2.24, 2.45) is 5.92 Å². The topological polar surface area (TPSA) is 41.4 Å². The second kappa shape index (κ2) is 7.95. The SMILES string of the molecule is CN(C[C@@H]1CCCN2CCCC[C@H]12)C(=O)CCCn1cccn1. The van der Waals surface area contributed by atoms with Crippen LogP contribution in [0.15, 0.2) is 18.5 Å². The summed E-state index contributed by atoms with van der Waals surface area (Å²) in [5, 5.41) is 4.18. The fraction of sp³-hybridized carbons (Fsp3) is 0.778. The van der Waals surface area contributed by atoms with Crippen LogP contribution in [0.5, 0.6) is 0 Å². The molecule has 2 aliphatic rings. The molecular formula is C18H30N4O. The van der Waals surface area contributed by atoms with Gasteiger partial charge in [0, 0.05) is 45.0 Å². The zero-order valence-corrected chi connectivity index (χ0v) is 14.4. The molecule has 2 fully saturated rings. The summed E-state index contributed by atoms with van der Waals surface area (Å²) in [7, 11) is 1.98. The van der Waals surface area contributed by atoms with Crippen molar-refractivity contribution >= 4 is 5.91 Å². The first kappa shape index (κ1) is 16.5. The minimum atomic E-state index is 0.282. The molecular weight excluding hydrogens is 288 g/mol. The van der Waals surface area contributed by atoms with Gasteiger partial charge in [0.15, 0.2) is 0 Å². The summed E-state index contributed by atoms with van der Waals surface area (Å²) in [6, 6.07) is 2.64. The van der Waals surface area contributed by atoms with E-state index in [0.29, 0.717) is 12.3 Å². The van der Waals surface area contributed by atoms with Crippen molar-refractivity contribution in [2.45, 2.75) is 57.5 Å². The van der Waals surface area contributed by atoms with Gasteiger partial charge in [0.2, 0.25) is 5.91 Å². The van der Waals surface area contributed by atoms with Crippen molar-refractivity contribution in [1.29, 1.82) is 0 Å². The van der Waals surface area contributed by atoms with Gasteiger partial charge in [-0.05, 0) is 57.2 Å². The quantitative estimate of drug-likeness (QED) is 0.809. The Morgan fingerprint density at radius 1 is 1.26 bits per heavy atom. The van der Waals surface area contributed by atoms with Crippen LogP contribution in [0.25, 0.3) is 0 Å². The minimum absolute atomic E-state index is 0.282. The van der Waals surface area contributed by atoms with Crippen molar-refractivity contribution in [3.63, 3.8) is 0 Å². The zero-order valence-electron chi connectivity index (χ0n) is 14.4. The molecule has 0 aliphatic carbocycles. The molecule has 2 saturated heterocycles. The van der Waals surface area contributed by atoms with E-state index in [4.69, 9.17) is 0 Å². The Hall–Kier alpha value is -1.36. The second-order valence-electron chi connectivity index (χ2n) is 7.15. The standard InChI is InChI=1S/C18H30N4O/c1-20(18(23)9-5-13-22-14-6-10-19-22)15-16-7-4-12-21-11-3-2-8-17(16)21/h6,10,14,16-17H,2-5,7-9,11-13,15H2,1H3/t16-,17+/m0/s1. The second-order valence-corrected chi connectivity index (χ2v) is 7.15. The Kier molecular flexibility index (Phi) is 5.70. The normalized spacial score (nSPS) is 25.1. The number of hydrogen-bond donors (Lipinski definition) is 0. The summed E-state index contributed by atoms with van der Waals surface area (Å²) < 4.78 is 1.90. The Labute approximate surface area is 139 Å². The van der Waals surface area contributed by atoms with Gasteiger partial charge in [-0.1, -0.05) is 6.42 Å². The summed E-state index contributed by atoms with van der Waals surface area (Å²) in [6.07, 6.45) is 11.8. The average Bonchev–Trinajstić information content (AvgIpc) is 3.08. The van der Waals surface area contributed by atoms with Gasteiger partial charge < -0.3 is 9.80 Å². The summed E-state index contributed by atoms with van der Waals surface area (Å²) in [5.74, 6) is 0.953. The van der Waals surface area contributed by atoms with E-state index in [0.717, 1.165) is 25.6 Å². The Morgan fingerprint density at radius 2 is 2.13 bits per heavy atom. The van der Waals surface area contributed by atoms with E-state index in [-0.39, 0.29) is 5.91 Å². The van der Waals surface area contributed by atoms with Crippen LogP contribution in [0.4, 0.5) is 0 Å². The Balaban J connectivity index is 1.43. The van der Waals surface area contributed by atoms with Gasteiger partial charge in [-0.3, -0.25) is 9.48 Å². The van der Waals surface area contributed by atoms with Gasteiger partial charge in [0.05, 0.1) is 0 Å². The van der Waals surface area contributed by atoms with Crippen molar-refractivity contribution in [1.82, 2.24) is 19.6 Å². The molecule has 0 saturated carbocycles. The molecule has 128 valence electrons. The van der Waals surface area contributed by atoms with Crippen molar-refractivity contribution in [3.05, 3.63) is 18.5 Å². The highest BCUT2D eigenvalue weighted by Crippen LogP contribution is 2.31. The van der Waals surface area contributed by atoms with E-state index in [9.17, 15) is 4.79 Å². The number of amides is 1. The first-order valence-electron chi connectivity index (χ1n) is 9.19. The smallest absolute Gasteiger partial charge is 0.222 e. The fourth-order valence-corrected chi connectivity index (χ4v) is 4.26. The highest BCUT2D eigenvalue weighted by Gasteiger charge is 2.33. The van der Waals surface area contributed by atoms with Crippen molar-refractivity contribution in [3.8, 4) is 0 Å². The van der Waals surface area contributed by atoms with Gasteiger partial charge in [-0.15, -0.1) is 0 Å². The van der Waals surface area contributed by atoms with Gasteiger partial charge in [0.25, 0.3) is 0 Å². The third-order valence-corrected chi connectivity index (χ3v) is 5.50. The van der Waals surface area contributed by atoms with Crippen molar-refractivity contribution < 1.29 is 4.79 Å². The molecule has 2 aliphatic heterocycles. The largest absolute Gasteiger partial charge is 0.345 e. The van der Waals surface area contributed by atoms with Crippen LogP contribution in [0.1, 0.15) is 44.9 Å². The zero-order chi connectivity index (χ0) is 16.1. The predicted octanol–water partition coefficient (Wildman–Crippen LogP) is 2.39. The molecule has 0 unspecified atom stereocenters. The molecule has 3 heterocycles. The maximum Gasteiger partial charge on any atom is 0.222 e. The molecule has 0 N–H and O–H groups in total. The number of aromatic nitrogens is 2. The van der Waals surface area contributed by atoms with Gasteiger partial charge in [-0.2, -0.15) is 5.10 Å². The number of fused-ring (bicyclic) bond motifs is 1. The van der Waals surface area contributed by atoms with E-state index in [2.05, 4.69) is 10.00 Å². The Bertz CT molecular complexity index is 485. The van der Waals surface area contributed by atoms with Crippen LogP contribution in [-0.4, -0.2) is 58.2 Å². The molecule has 2 atom stereocenters. The monoisotopic (exact) mass is 318 g/mol. The molecule has 0 bridgehead atoms. The van der Waals surface area contributed by atoms with Crippen LogP contribution >= 0.6 is 0 Å². The lowest BCUT2D eigenvalue weighted by Crippen LogP contribution is -2.51. The van der Waals surface area contributed by atoms with E-state index in [1.54, 1.807) is 6.20 Å². The van der Waals surface area contributed by atoms with E-state index in [1.165, 1.54) is 45.2 Å². The first-order chi connectivity index (χ1) is 11.2. The average molecular weight is 318 g/mol. The molecule has 3 rings (SSSR count). The van der Waals surface area contributed by atoms with Gasteiger partial charge in [-0.25, -0.2) is 0 Å². The molecule has 1 aromatic heterocycles. The van der Waals surface area contributed by atoms with Crippen LogP contribution in [-0.2, 0) is 11.3 Å². The number of piperidine rings is 2. The number of rotatable bonds is 6. The highest BCUT2D eigenvalue weighted by atomic mass is 16.2. The lowest BCUT2D eigenvalue weighted by atomic mass is 9.83. The van der Waals surface area contributed by atoms with Crippen LogP contribution in [0.3, 0.4) is 0 Å². The summed E-state index contributed by atoms with van der Waals surface area (Å²) in [4.78, 5) is 17.0. The molecule has 0 radical (unpaired) electrons. The number of aryl methyl sites for hydroxylation is 1. The highest BCUT2D eigenvalue weighted by molar-refractivity contribution is 5.75. The van der Waals surface area contributed by atoms with Gasteiger partial charge in [0.1, 0.15) is 0 Å². The predicted molar refractivity (Wildman–Crippen MR) is 91.0 cm³/mol. The number of hydrogen-bond acceptors (Lipinski definition) is 3. The molecule has 0 spiro atoms. The molecule has 0 aromatic carbocycles. The van der Waals surface area contributed by atoms with Crippen LogP contribution in [0.2, 0.25) is 0 Å². The molecule has 1 amide bonds. The maximum absolute atomic E-state index is 12.4. The molecule has 1 aromatic rings. The summed E-state index contributed by atoms with van der Waals surface area (Å²) >= 11 is 0. The maximum atomic E-state index is 12.4. The number of carbonyl (C=O) groups excluding carboxylic acids is 1. The third kappa shape index (κ3) is 4.34. The summed E-state index contributed by atoms with van der Waals surface area (Å²) in [6.45, 7) is 4.29. The lowest BCUT2D eigenvalue weighted by Gasteiger charge is -2.45. The molecule has 5 heteroatoms. The first-order valence-corrected chi connectivity index (χ1v) is 9.19. The van der Waals surface area contributed by atoms with Crippen LogP contribution < -0.4 is 0 Å². The third-order valence-electron chi connectivity index (χ3n) is 5.50. The van der Waals surface area contributed by atoms with Gasteiger partial charge >= 0.3 is 0 Å². The summed E-state index contributed by atoms with van der Waals surface area (Å²) in [5.41, 5.74) is 0. The fourth-order valence-electron chi connectivity index (χ4n) is 4.26. The lowest BCUT2D eigenvalue weighted by molar-refractivity contribution is -0.131. The van der Waals surface area contributed by atoms with Crippen LogP contribution in [0, 0.1) is 5.92 Å². The molecule has 23 heavy (non-hydrogen) atoms. The molecule has 5 nitrogen and oxygen atoms in total. The minimum Gasteiger partial charge on any atom is -0.345 e.